The Balaban J connectivity index is 1.15. The van der Waals surface area contributed by atoms with Gasteiger partial charge in [-0.1, -0.05) is 48.0 Å². The van der Waals surface area contributed by atoms with Gasteiger partial charge in [0.15, 0.2) is 25.0 Å². The molecule has 4 heterocycles. The van der Waals surface area contributed by atoms with Crippen molar-refractivity contribution in [2.24, 2.45) is 0 Å². The molecule has 4 unspecified atom stereocenters. The highest BCUT2D eigenvalue weighted by atomic mass is 32.2. The Kier molecular flexibility index (Phi) is 7.50. The molecule has 0 aromatic heterocycles. The minimum Gasteiger partial charge on any atom is -0.387 e. The van der Waals surface area contributed by atoms with Crippen LogP contribution in [0.25, 0.3) is 0 Å². The maximum atomic E-state index is 12.9. The van der Waals surface area contributed by atoms with Crippen molar-refractivity contribution in [3.63, 3.8) is 0 Å². The predicted molar refractivity (Wildman–Crippen MR) is 129 cm³/mol. The van der Waals surface area contributed by atoms with Crippen LogP contribution in [0.15, 0.2) is 59.5 Å². The molecule has 212 valence electrons. The van der Waals surface area contributed by atoms with Crippen molar-refractivity contribution in [1.29, 1.82) is 0 Å². The van der Waals surface area contributed by atoms with Crippen molar-refractivity contribution in [1.82, 2.24) is 0 Å². The second-order valence-corrected chi connectivity index (χ2v) is 11.6. The third-order valence-corrected chi connectivity index (χ3v) is 8.61. The molecule has 4 saturated heterocycles. The summed E-state index contributed by atoms with van der Waals surface area (Å²) in [5.41, 5.74) is 1.62. The average Bonchev–Trinajstić information content (AvgIpc) is 3.38. The van der Waals surface area contributed by atoms with Crippen LogP contribution in [0.3, 0.4) is 0 Å². The van der Waals surface area contributed by atoms with Gasteiger partial charge >= 0.3 is 0 Å². The molecule has 0 radical (unpaired) electrons. The Morgan fingerprint density at radius 2 is 1.51 bits per heavy atom. The number of hydrogen-bond donors (Lipinski definition) is 3. The average molecular weight is 567 g/mol. The van der Waals surface area contributed by atoms with E-state index in [0.717, 1.165) is 11.1 Å². The molecular weight excluding hydrogens is 536 g/mol. The summed E-state index contributed by atoms with van der Waals surface area (Å²) >= 11 is 0. The first-order valence-corrected chi connectivity index (χ1v) is 14.1. The van der Waals surface area contributed by atoms with Crippen molar-refractivity contribution < 1.29 is 56.3 Å². The van der Waals surface area contributed by atoms with Gasteiger partial charge in [0.25, 0.3) is 10.1 Å². The minimum absolute atomic E-state index is 0.0146. The highest BCUT2D eigenvalue weighted by Gasteiger charge is 2.56. The number of aliphatic hydroxyl groups excluding tert-OH is 3. The van der Waals surface area contributed by atoms with Crippen LogP contribution in [0, 0.1) is 6.92 Å². The van der Waals surface area contributed by atoms with Crippen molar-refractivity contribution in [3.05, 3.63) is 65.7 Å². The van der Waals surface area contributed by atoms with Gasteiger partial charge in [-0.05, 0) is 19.1 Å². The van der Waals surface area contributed by atoms with E-state index in [9.17, 15) is 23.7 Å². The summed E-state index contributed by atoms with van der Waals surface area (Å²) in [6.07, 6.45) is -12.9. The van der Waals surface area contributed by atoms with Crippen molar-refractivity contribution in [2.75, 3.05) is 13.2 Å². The van der Waals surface area contributed by atoms with E-state index in [1.54, 1.807) is 12.1 Å². The zero-order valence-corrected chi connectivity index (χ0v) is 21.7. The molecule has 11 atom stereocenters. The summed E-state index contributed by atoms with van der Waals surface area (Å²) in [5.74, 6) is 0. The Hall–Kier alpha value is -2.01. The normalized spacial score (nSPS) is 40.3. The van der Waals surface area contributed by atoms with Crippen LogP contribution in [-0.4, -0.2) is 98.4 Å². The van der Waals surface area contributed by atoms with E-state index in [2.05, 4.69) is 0 Å². The van der Waals surface area contributed by atoms with Gasteiger partial charge in [0.05, 0.1) is 18.1 Å². The summed E-state index contributed by atoms with van der Waals surface area (Å²) in [6.45, 7) is 1.85. The molecule has 39 heavy (non-hydrogen) atoms. The Morgan fingerprint density at radius 1 is 0.795 bits per heavy atom. The van der Waals surface area contributed by atoms with E-state index in [1.807, 2.05) is 37.3 Å². The van der Waals surface area contributed by atoms with Crippen LogP contribution < -0.4 is 0 Å². The van der Waals surface area contributed by atoms with Gasteiger partial charge in [-0.2, -0.15) is 8.42 Å². The fraction of sp³-hybridized carbons (Fsp3) is 0.538. The van der Waals surface area contributed by atoms with Crippen LogP contribution in [0.2, 0.25) is 0 Å². The number of benzene rings is 2. The molecule has 3 N–H and O–H groups in total. The highest BCUT2D eigenvalue weighted by Crippen LogP contribution is 2.38. The van der Waals surface area contributed by atoms with E-state index < -0.39 is 77.8 Å². The zero-order chi connectivity index (χ0) is 27.3. The number of rotatable bonds is 6. The summed E-state index contributed by atoms with van der Waals surface area (Å²) in [4.78, 5) is -0.0933. The van der Waals surface area contributed by atoms with Gasteiger partial charge in [-0.15, -0.1) is 0 Å². The maximum absolute atomic E-state index is 12.9. The maximum Gasteiger partial charge on any atom is 0.297 e. The van der Waals surface area contributed by atoms with Gasteiger partial charge in [-0.25, -0.2) is 0 Å². The summed E-state index contributed by atoms with van der Waals surface area (Å²) < 4.78 is 65.9. The lowest BCUT2D eigenvalue weighted by atomic mass is 9.97. The number of fused-ring (bicyclic) bond motifs is 3. The minimum atomic E-state index is -4.28. The Labute approximate surface area is 225 Å². The van der Waals surface area contributed by atoms with E-state index in [4.69, 9.17) is 32.6 Å². The second-order valence-electron chi connectivity index (χ2n) is 10.00. The van der Waals surface area contributed by atoms with Gasteiger partial charge in [0, 0.05) is 5.56 Å². The number of aryl methyl sites for hydroxylation is 1. The molecule has 2 aromatic rings. The lowest BCUT2D eigenvalue weighted by Crippen LogP contribution is -2.64. The third kappa shape index (κ3) is 5.25. The van der Waals surface area contributed by atoms with Gasteiger partial charge in [-0.3, -0.25) is 4.18 Å². The molecule has 2 bridgehead atoms. The molecule has 0 spiro atoms. The predicted octanol–water partition coefficient (Wildman–Crippen LogP) is 0.131. The first-order chi connectivity index (χ1) is 18.7. The van der Waals surface area contributed by atoms with Crippen molar-refractivity contribution in [3.8, 4) is 0 Å². The molecule has 0 aliphatic carbocycles. The van der Waals surface area contributed by atoms with Gasteiger partial charge in [0.1, 0.15) is 42.7 Å². The summed E-state index contributed by atoms with van der Waals surface area (Å²) in [7, 11) is -4.28. The first-order valence-electron chi connectivity index (χ1n) is 12.7. The van der Waals surface area contributed by atoms with E-state index >= 15 is 0 Å². The van der Waals surface area contributed by atoms with E-state index in [0.29, 0.717) is 0 Å². The van der Waals surface area contributed by atoms with Crippen LogP contribution in [0.1, 0.15) is 17.4 Å². The standard InChI is InChI=1S/C26H30O12S/c1-13-7-9-15(10-8-13)39(30,31)38-23-20(29)22(17-12-33-26(23)35-17)37-25-19(28)18(27)21-16(34-25)11-32-24(36-21)14-5-3-2-4-6-14/h2-10,16-29H,11-12H2,1H3/t16-,17?,18?,19-,20?,21+,22+,23-,24?,25-,26+/m0/s1. The van der Waals surface area contributed by atoms with Crippen molar-refractivity contribution in [2.45, 2.75) is 79.5 Å². The Morgan fingerprint density at radius 3 is 2.26 bits per heavy atom. The molecule has 12 nitrogen and oxygen atoms in total. The molecule has 6 rings (SSSR count). The molecule has 0 amide bonds. The topological polar surface area (TPSA) is 159 Å². The van der Waals surface area contributed by atoms with E-state index in [1.165, 1.54) is 12.1 Å². The summed E-state index contributed by atoms with van der Waals surface area (Å²) in [5, 5.41) is 32.8. The number of aliphatic hydroxyl groups is 3. The fourth-order valence-corrected chi connectivity index (χ4v) is 6.23. The molecular formula is C26H30O12S. The fourth-order valence-electron chi connectivity index (χ4n) is 5.15. The molecule has 2 aromatic carbocycles. The molecule has 0 saturated carbocycles. The monoisotopic (exact) mass is 566 g/mol. The third-order valence-electron chi connectivity index (χ3n) is 7.29. The molecule has 4 aliphatic rings. The second kappa shape index (κ2) is 10.8. The number of hydrogen-bond acceptors (Lipinski definition) is 12. The first kappa shape index (κ1) is 27.2. The lowest BCUT2D eigenvalue weighted by Gasteiger charge is -2.47. The Bertz CT molecular complexity index is 1240. The largest absolute Gasteiger partial charge is 0.387 e. The van der Waals surface area contributed by atoms with Gasteiger partial charge < -0.3 is 43.7 Å². The SMILES string of the molecule is Cc1ccc(S(=O)(=O)O[C@H]2C(O)[C@H](O[C@@H]3O[C@H]4COC(c5ccccc5)O[C@H]4C(O)[C@@H]3O)C3CO[C@@H]2O3)cc1. The quantitative estimate of drug-likeness (QED) is 0.407. The van der Waals surface area contributed by atoms with Crippen LogP contribution in [0.5, 0.6) is 0 Å². The smallest absolute Gasteiger partial charge is 0.297 e. The summed E-state index contributed by atoms with van der Waals surface area (Å²) in [6, 6.07) is 15.2. The van der Waals surface area contributed by atoms with Crippen LogP contribution >= 0.6 is 0 Å². The lowest BCUT2D eigenvalue weighted by molar-refractivity contribution is -0.376. The highest BCUT2D eigenvalue weighted by molar-refractivity contribution is 7.86. The van der Waals surface area contributed by atoms with Crippen molar-refractivity contribution >= 4 is 10.1 Å². The number of ether oxygens (including phenoxy) is 6. The van der Waals surface area contributed by atoms with Gasteiger partial charge in [0.2, 0.25) is 0 Å². The molecule has 4 fully saturated rings. The zero-order valence-electron chi connectivity index (χ0n) is 20.9. The van der Waals surface area contributed by atoms with Crippen LogP contribution in [-0.2, 0) is 42.7 Å². The molecule has 4 aliphatic heterocycles. The van der Waals surface area contributed by atoms with E-state index in [-0.39, 0.29) is 18.1 Å². The molecule has 13 heteroatoms. The van der Waals surface area contributed by atoms with Crippen LogP contribution in [0.4, 0.5) is 0 Å².